The predicted molar refractivity (Wildman–Crippen MR) is 132 cm³/mol. The van der Waals surface area contributed by atoms with Crippen LogP contribution in [0.25, 0.3) is 10.2 Å². The molecule has 0 unspecified atom stereocenters. The van der Waals surface area contributed by atoms with Crippen LogP contribution in [0.2, 0.25) is 0 Å². The number of para-hydroxylation sites is 1. The molecule has 0 saturated carbocycles. The molecule has 2 heterocycles. The number of hydrogen-bond acceptors (Lipinski definition) is 7. The average molecular weight is 470 g/mol. The van der Waals surface area contributed by atoms with Crippen molar-refractivity contribution in [1.29, 1.82) is 0 Å². The lowest BCUT2D eigenvalue weighted by Gasteiger charge is -2.14. The molecule has 0 fully saturated rings. The maximum atomic E-state index is 13.6. The van der Waals surface area contributed by atoms with E-state index >= 15 is 0 Å². The van der Waals surface area contributed by atoms with Crippen molar-refractivity contribution in [3.63, 3.8) is 0 Å². The van der Waals surface area contributed by atoms with Crippen LogP contribution in [0.4, 0.5) is 5.13 Å². The maximum Gasteiger partial charge on any atom is 0.280 e. The third kappa shape index (κ3) is 4.67. The monoisotopic (exact) mass is 469 g/mol. The van der Waals surface area contributed by atoms with Crippen molar-refractivity contribution in [2.75, 3.05) is 12.1 Å². The fourth-order valence-corrected chi connectivity index (χ4v) is 4.17. The van der Waals surface area contributed by atoms with Gasteiger partial charge in [-0.05, 0) is 60.7 Å². The van der Waals surface area contributed by atoms with Crippen LogP contribution in [0.15, 0.2) is 101 Å². The molecule has 3 aromatic carbocycles. The van der Waals surface area contributed by atoms with Crippen molar-refractivity contribution >= 4 is 38.8 Å². The van der Waals surface area contributed by atoms with E-state index in [1.807, 2.05) is 48.5 Å². The number of aromatic nitrogens is 1. The number of fused-ring (bicyclic) bond motifs is 1. The predicted octanol–water partition coefficient (Wildman–Crippen LogP) is 6.37. The Labute approximate surface area is 199 Å². The summed E-state index contributed by atoms with van der Waals surface area (Å²) in [4.78, 5) is 18.2. The summed E-state index contributed by atoms with van der Waals surface area (Å²) >= 11 is 1.34. The van der Waals surface area contributed by atoms with Gasteiger partial charge in [0.2, 0.25) is 5.13 Å². The number of amides is 1. The summed E-state index contributed by atoms with van der Waals surface area (Å²) in [5, 5.41) is 6.09. The van der Waals surface area contributed by atoms with Gasteiger partial charge in [0, 0.05) is 5.56 Å². The molecule has 7 nitrogen and oxygen atoms in total. The van der Waals surface area contributed by atoms with Crippen molar-refractivity contribution in [3.8, 4) is 17.2 Å². The Morgan fingerprint density at radius 1 is 0.971 bits per heavy atom. The molecule has 0 bridgehead atoms. The van der Waals surface area contributed by atoms with E-state index in [1.165, 1.54) is 22.6 Å². The molecule has 0 atom stereocenters. The second-order valence-corrected chi connectivity index (χ2v) is 8.16. The Hall–Kier alpha value is -4.43. The number of nitrogens with zero attached hydrogens (tertiary/aromatic N) is 3. The normalized spacial score (nSPS) is 11.1. The van der Waals surface area contributed by atoms with Gasteiger partial charge in [-0.25, -0.2) is 4.98 Å². The van der Waals surface area contributed by atoms with E-state index in [9.17, 15) is 4.79 Å². The van der Waals surface area contributed by atoms with Gasteiger partial charge in [-0.3, -0.25) is 4.79 Å². The highest BCUT2D eigenvalue weighted by Crippen LogP contribution is 2.33. The van der Waals surface area contributed by atoms with Gasteiger partial charge in [0.05, 0.1) is 29.8 Å². The van der Waals surface area contributed by atoms with Crippen LogP contribution in [0.1, 0.15) is 16.1 Å². The Balaban J connectivity index is 1.50. The van der Waals surface area contributed by atoms with Crippen LogP contribution >= 0.6 is 11.3 Å². The zero-order valence-electron chi connectivity index (χ0n) is 18.1. The van der Waals surface area contributed by atoms with Crippen molar-refractivity contribution in [2.24, 2.45) is 5.10 Å². The number of furan rings is 1. The number of carbonyl (C=O) groups excluding carboxylic acids is 1. The van der Waals surface area contributed by atoms with E-state index in [-0.39, 0.29) is 5.91 Å². The van der Waals surface area contributed by atoms with Gasteiger partial charge in [-0.15, -0.1) is 0 Å². The molecule has 5 aromatic rings. The fourth-order valence-electron chi connectivity index (χ4n) is 3.22. The average Bonchev–Trinajstić information content (AvgIpc) is 3.54. The molecular weight excluding hydrogens is 450 g/mol. The Bertz CT molecular complexity index is 1450. The molecular formula is C26H19N3O4S. The highest BCUT2D eigenvalue weighted by atomic mass is 32.1. The van der Waals surface area contributed by atoms with Crippen molar-refractivity contribution in [3.05, 3.63) is 103 Å². The van der Waals surface area contributed by atoms with Gasteiger partial charge < -0.3 is 13.9 Å². The summed E-state index contributed by atoms with van der Waals surface area (Å²) in [7, 11) is 1.61. The lowest BCUT2D eigenvalue weighted by atomic mass is 10.2. The van der Waals surface area contributed by atoms with Crippen LogP contribution in [-0.2, 0) is 0 Å². The molecule has 0 aliphatic heterocycles. The highest BCUT2D eigenvalue weighted by Gasteiger charge is 2.22. The summed E-state index contributed by atoms with van der Waals surface area (Å²) in [5.41, 5.74) is 1.15. The molecule has 0 saturated heterocycles. The Morgan fingerprint density at radius 3 is 2.62 bits per heavy atom. The first-order valence-electron chi connectivity index (χ1n) is 10.4. The Morgan fingerprint density at radius 2 is 1.82 bits per heavy atom. The summed E-state index contributed by atoms with van der Waals surface area (Å²) < 4.78 is 17.4. The van der Waals surface area contributed by atoms with Crippen LogP contribution in [0.5, 0.6) is 17.2 Å². The van der Waals surface area contributed by atoms with E-state index in [1.54, 1.807) is 49.8 Å². The van der Waals surface area contributed by atoms with Gasteiger partial charge in [-0.2, -0.15) is 10.1 Å². The molecule has 0 N–H and O–H groups in total. The molecule has 8 heteroatoms. The van der Waals surface area contributed by atoms with Gasteiger partial charge in [0.25, 0.3) is 5.91 Å². The zero-order chi connectivity index (χ0) is 23.3. The fraction of sp³-hybridized carbons (Fsp3) is 0.0385. The lowest BCUT2D eigenvalue weighted by molar-refractivity contribution is 0.0987. The van der Waals surface area contributed by atoms with E-state index in [0.717, 1.165) is 10.2 Å². The number of anilines is 1. The SMILES string of the molecule is COc1ccc2nc(N(/N=C/c3ccco3)C(=O)c3cccc(Oc4ccccc4)c3)sc2c1. The largest absolute Gasteiger partial charge is 0.497 e. The standard InChI is InChI=1S/C26H19N3O4S/c1-31-20-12-13-23-24(16-20)34-26(28-23)29(27-17-22-11-6-14-32-22)25(30)18-7-5-10-21(15-18)33-19-8-3-2-4-9-19/h2-17H,1H3/b27-17+. The van der Waals surface area contributed by atoms with Crippen molar-refractivity contribution in [2.45, 2.75) is 0 Å². The smallest absolute Gasteiger partial charge is 0.280 e. The number of hydrogen-bond donors (Lipinski definition) is 0. The van der Waals surface area contributed by atoms with E-state index in [0.29, 0.717) is 33.7 Å². The number of methoxy groups -OCH3 is 1. The summed E-state index contributed by atoms with van der Waals surface area (Å²) in [5.74, 6) is 2.10. The van der Waals surface area contributed by atoms with Crippen LogP contribution in [0.3, 0.4) is 0 Å². The quantitative estimate of drug-likeness (QED) is 0.204. The minimum atomic E-state index is -0.354. The number of benzene rings is 3. The van der Waals surface area contributed by atoms with Gasteiger partial charge >= 0.3 is 0 Å². The first kappa shape index (κ1) is 21.4. The second kappa shape index (κ2) is 9.60. The summed E-state index contributed by atoms with van der Waals surface area (Å²) in [6.45, 7) is 0. The minimum absolute atomic E-state index is 0.354. The Kier molecular flexibility index (Phi) is 6.05. The molecule has 5 rings (SSSR count). The van der Waals surface area contributed by atoms with Crippen LogP contribution in [0, 0.1) is 0 Å². The third-order valence-electron chi connectivity index (χ3n) is 4.86. The zero-order valence-corrected chi connectivity index (χ0v) is 18.9. The third-order valence-corrected chi connectivity index (χ3v) is 5.86. The van der Waals surface area contributed by atoms with Crippen LogP contribution in [-0.4, -0.2) is 24.2 Å². The molecule has 168 valence electrons. The van der Waals surface area contributed by atoms with Crippen molar-refractivity contribution < 1.29 is 18.7 Å². The van der Waals surface area contributed by atoms with E-state index in [2.05, 4.69) is 10.1 Å². The molecule has 0 aliphatic carbocycles. The molecule has 2 aromatic heterocycles. The molecule has 1 amide bonds. The molecule has 0 aliphatic rings. The van der Waals surface area contributed by atoms with E-state index in [4.69, 9.17) is 13.9 Å². The number of carbonyl (C=O) groups is 1. The second-order valence-electron chi connectivity index (χ2n) is 7.15. The van der Waals surface area contributed by atoms with E-state index < -0.39 is 0 Å². The number of thiazole rings is 1. The highest BCUT2D eigenvalue weighted by molar-refractivity contribution is 7.22. The number of rotatable bonds is 7. The molecule has 0 spiro atoms. The topological polar surface area (TPSA) is 77.2 Å². The van der Waals surface area contributed by atoms with Gasteiger partial charge in [0.1, 0.15) is 23.0 Å². The van der Waals surface area contributed by atoms with Crippen molar-refractivity contribution in [1.82, 2.24) is 4.98 Å². The summed E-state index contributed by atoms with van der Waals surface area (Å²) in [6, 6.07) is 25.4. The summed E-state index contributed by atoms with van der Waals surface area (Å²) in [6.07, 6.45) is 3.02. The molecule has 34 heavy (non-hydrogen) atoms. The van der Waals surface area contributed by atoms with Crippen LogP contribution < -0.4 is 14.5 Å². The first-order chi connectivity index (χ1) is 16.7. The lowest BCUT2D eigenvalue weighted by Crippen LogP contribution is -2.25. The number of hydrazone groups is 1. The molecule has 0 radical (unpaired) electrons. The van der Waals surface area contributed by atoms with Gasteiger partial charge in [0.15, 0.2) is 0 Å². The first-order valence-corrected chi connectivity index (χ1v) is 11.2. The van der Waals surface area contributed by atoms with Gasteiger partial charge in [-0.1, -0.05) is 35.6 Å². The minimum Gasteiger partial charge on any atom is -0.497 e. The maximum absolute atomic E-state index is 13.6. The number of ether oxygens (including phenoxy) is 2.